The monoisotopic (exact) mass is 284 g/mol. The highest BCUT2D eigenvalue weighted by Crippen LogP contribution is 2.31. The van der Waals surface area contributed by atoms with Crippen LogP contribution in [0.1, 0.15) is 18.0 Å². The largest absolute Gasteiger partial charge is 0.491 e. The number of hydrogen-bond acceptors (Lipinski definition) is 4. The molecule has 1 aromatic rings. The fourth-order valence-corrected chi connectivity index (χ4v) is 2.47. The van der Waals surface area contributed by atoms with Crippen LogP contribution in [-0.2, 0) is 4.79 Å². The van der Waals surface area contributed by atoms with Crippen LogP contribution in [0.15, 0.2) is 24.3 Å². The molecule has 2 heterocycles. The van der Waals surface area contributed by atoms with Gasteiger partial charge in [0, 0.05) is 12.1 Å². The first-order chi connectivity index (χ1) is 8.74. The molecule has 0 radical (unpaired) electrons. The lowest BCUT2D eigenvalue weighted by Gasteiger charge is -2.15. The van der Waals surface area contributed by atoms with E-state index in [2.05, 4.69) is 10.6 Å². The maximum absolute atomic E-state index is 12.0. The van der Waals surface area contributed by atoms with Crippen molar-refractivity contribution in [3.63, 3.8) is 0 Å². The SMILES string of the molecule is Cl.O=C(NC1COc2ccccc21)C1CC(O)CN1. The molecule has 1 saturated heterocycles. The Balaban J connectivity index is 0.00000133. The van der Waals surface area contributed by atoms with Crippen molar-refractivity contribution in [2.75, 3.05) is 13.2 Å². The minimum atomic E-state index is -0.423. The van der Waals surface area contributed by atoms with E-state index in [4.69, 9.17) is 4.74 Å². The molecule has 1 aromatic carbocycles. The minimum absolute atomic E-state index is 0. The second-order valence-electron chi connectivity index (χ2n) is 4.76. The number of fused-ring (bicyclic) bond motifs is 1. The van der Waals surface area contributed by atoms with Crippen molar-refractivity contribution in [1.29, 1.82) is 0 Å². The summed E-state index contributed by atoms with van der Waals surface area (Å²) >= 11 is 0. The lowest BCUT2D eigenvalue weighted by atomic mass is 10.1. The standard InChI is InChI=1S/C13H16N2O3.ClH/c16-8-5-10(14-6-8)13(17)15-11-7-18-12-4-2-1-3-9(11)12;/h1-4,8,10-11,14,16H,5-7H2,(H,15,17);1H. The highest BCUT2D eigenvalue weighted by molar-refractivity contribution is 5.85. The van der Waals surface area contributed by atoms with Gasteiger partial charge in [-0.15, -0.1) is 12.4 Å². The second kappa shape index (κ2) is 5.77. The van der Waals surface area contributed by atoms with Gasteiger partial charge in [-0.2, -0.15) is 0 Å². The van der Waals surface area contributed by atoms with E-state index in [0.29, 0.717) is 19.6 Å². The number of amides is 1. The van der Waals surface area contributed by atoms with E-state index in [9.17, 15) is 9.90 Å². The molecule has 19 heavy (non-hydrogen) atoms. The molecule has 0 bridgehead atoms. The first kappa shape index (κ1) is 14.1. The molecule has 0 saturated carbocycles. The number of halogens is 1. The average Bonchev–Trinajstić information content (AvgIpc) is 2.97. The normalized spacial score (nSPS) is 28.2. The molecule has 3 N–H and O–H groups in total. The van der Waals surface area contributed by atoms with Crippen LogP contribution in [0.3, 0.4) is 0 Å². The Morgan fingerprint density at radius 1 is 1.42 bits per heavy atom. The first-order valence-corrected chi connectivity index (χ1v) is 6.17. The van der Waals surface area contributed by atoms with Crippen molar-refractivity contribution in [1.82, 2.24) is 10.6 Å². The Kier molecular flexibility index (Phi) is 4.29. The third kappa shape index (κ3) is 2.83. The van der Waals surface area contributed by atoms with Crippen molar-refractivity contribution in [3.8, 4) is 5.75 Å². The lowest BCUT2D eigenvalue weighted by Crippen LogP contribution is -2.42. The van der Waals surface area contributed by atoms with Gasteiger partial charge in [0.2, 0.25) is 5.91 Å². The number of hydrogen-bond donors (Lipinski definition) is 3. The van der Waals surface area contributed by atoms with Gasteiger partial charge in [-0.3, -0.25) is 4.79 Å². The van der Waals surface area contributed by atoms with Crippen LogP contribution in [0.2, 0.25) is 0 Å². The molecule has 104 valence electrons. The number of β-amino-alcohol motifs (C(OH)–C–C–N with tert-alkyl or cyclic N) is 1. The lowest BCUT2D eigenvalue weighted by molar-refractivity contribution is -0.123. The molecular weight excluding hydrogens is 268 g/mol. The van der Waals surface area contributed by atoms with E-state index in [1.54, 1.807) is 0 Å². The smallest absolute Gasteiger partial charge is 0.237 e. The Hall–Kier alpha value is -1.30. The van der Waals surface area contributed by atoms with Crippen LogP contribution >= 0.6 is 12.4 Å². The summed E-state index contributed by atoms with van der Waals surface area (Å²) in [7, 11) is 0. The van der Waals surface area contributed by atoms with Crippen LogP contribution < -0.4 is 15.4 Å². The van der Waals surface area contributed by atoms with Gasteiger partial charge in [-0.1, -0.05) is 18.2 Å². The van der Waals surface area contributed by atoms with E-state index in [1.807, 2.05) is 24.3 Å². The molecule has 5 nitrogen and oxygen atoms in total. The predicted molar refractivity (Wildman–Crippen MR) is 72.5 cm³/mol. The van der Waals surface area contributed by atoms with Gasteiger partial charge in [-0.25, -0.2) is 0 Å². The van der Waals surface area contributed by atoms with E-state index in [-0.39, 0.29) is 30.4 Å². The molecule has 2 aliphatic rings. The molecule has 1 fully saturated rings. The van der Waals surface area contributed by atoms with Crippen LogP contribution in [0.5, 0.6) is 5.75 Å². The van der Waals surface area contributed by atoms with Gasteiger partial charge in [0.25, 0.3) is 0 Å². The summed E-state index contributed by atoms with van der Waals surface area (Å²) in [5, 5.41) is 15.4. The van der Waals surface area contributed by atoms with Gasteiger partial charge >= 0.3 is 0 Å². The van der Waals surface area contributed by atoms with Gasteiger partial charge in [0.05, 0.1) is 18.2 Å². The zero-order valence-corrected chi connectivity index (χ0v) is 11.2. The molecule has 3 unspecified atom stereocenters. The summed E-state index contributed by atoms with van der Waals surface area (Å²) in [4.78, 5) is 12.0. The number of carbonyl (C=O) groups excluding carboxylic acids is 1. The minimum Gasteiger partial charge on any atom is -0.491 e. The van der Waals surface area contributed by atoms with Gasteiger partial charge in [0.15, 0.2) is 0 Å². The summed E-state index contributed by atoms with van der Waals surface area (Å²) in [5.74, 6) is 0.763. The number of nitrogens with one attached hydrogen (secondary N) is 2. The molecule has 0 aliphatic carbocycles. The Bertz CT molecular complexity index is 469. The number of aliphatic hydroxyl groups is 1. The molecule has 0 aromatic heterocycles. The van der Waals surface area contributed by atoms with Gasteiger partial charge < -0.3 is 20.5 Å². The summed E-state index contributed by atoms with van der Waals surface area (Å²) in [6, 6.07) is 7.33. The summed E-state index contributed by atoms with van der Waals surface area (Å²) in [6.45, 7) is 0.955. The van der Waals surface area contributed by atoms with E-state index < -0.39 is 6.10 Å². The average molecular weight is 285 g/mol. The third-order valence-electron chi connectivity index (χ3n) is 3.44. The Morgan fingerprint density at radius 3 is 2.95 bits per heavy atom. The molecule has 0 spiro atoms. The van der Waals surface area contributed by atoms with Gasteiger partial charge in [0.1, 0.15) is 12.4 Å². The maximum Gasteiger partial charge on any atom is 0.237 e. The number of ether oxygens (including phenoxy) is 1. The van der Waals surface area contributed by atoms with Crippen LogP contribution in [0.25, 0.3) is 0 Å². The molecule has 1 amide bonds. The summed E-state index contributed by atoms with van der Waals surface area (Å²) in [6.07, 6.45) is 0.0500. The fourth-order valence-electron chi connectivity index (χ4n) is 2.47. The molecular formula is C13H17ClN2O3. The highest BCUT2D eigenvalue weighted by Gasteiger charge is 2.31. The van der Waals surface area contributed by atoms with Crippen molar-refractivity contribution in [2.24, 2.45) is 0 Å². The molecule has 6 heteroatoms. The second-order valence-corrected chi connectivity index (χ2v) is 4.76. The van der Waals surface area contributed by atoms with Crippen LogP contribution in [0.4, 0.5) is 0 Å². The Morgan fingerprint density at radius 2 is 2.21 bits per heavy atom. The number of rotatable bonds is 2. The summed E-state index contributed by atoms with van der Waals surface area (Å²) < 4.78 is 5.51. The van der Waals surface area contributed by atoms with E-state index >= 15 is 0 Å². The number of aliphatic hydroxyl groups excluding tert-OH is 1. The van der Waals surface area contributed by atoms with Crippen molar-refractivity contribution >= 4 is 18.3 Å². The quantitative estimate of drug-likeness (QED) is 0.734. The molecule has 2 aliphatic heterocycles. The van der Waals surface area contributed by atoms with E-state index in [1.165, 1.54) is 0 Å². The van der Waals surface area contributed by atoms with Crippen molar-refractivity contribution in [2.45, 2.75) is 24.6 Å². The van der Waals surface area contributed by atoms with Crippen LogP contribution in [0, 0.1) is 0 Å². The zero-order valence-electron chi connectivity index (χ0n) is 10.3. The van der Waals surface area contributed by atoms with Crippen LogP contribution in [-0.4, -0.2) is 36.3 Å². The number of para-hydroxylation sites is 1. The third-order valence-corrected chi connectivity index (χ3v) is 3.44. The molecule has 3 rings (SSSR count). The fraction of sp³-hybridized carbons (Fsp3) is 0.462. The highest BCUT2D eigenvalue weighted by atomic mass is 35.5. The van der Waals surface area contributed by atoms with Gasteiger partial charge in [-0.05, 0) is 12.5 Å². The topological polar surface area (TPSA) is 70.6 Å². The zero-order chi connectivity index (χ0) is 12.5. The maximum atomic E-state index is 12.0. The molecule has 3 atom stereocenters. The Labute approximate surface area is 117 Å². The first-order valence-electron chi connectivity index (χ1n) is 6.17. The summed E-state index contributed by atoms with van der Waals surface area (Å²) in [5.41, 5.74) is 1.02. The van der Waals surface area contributed by atoms with E-state index in [0.717, 1.165) is 11.3 Å². The predicted octanol–water partition coefficient (Wildman–Crippen LogP) is 0.381. The number of benzene rings is 1. The number of carbonyl (C=O) groups is 1. The van der Waals surface area contributed by atoms with Crippen molar-refractivity contribution < 1.29 is 14.6 Å². The van der Waals surface area contributed by atoms with Crippen molar-refractivity contribution in [3.05, 3.63) is 29.8 Å².